The van der Waals surface area contributed by atoms with Crippen LogP contribution in [-0.2, 0) is 23.3 Å². The minimum absolute atomic E-state index is 0. The van der Waals surface area contributed by atoms with Crippen molar-refractivity contribution < 1.29 is 32.1 Å². The van der Waals surface area contributed by atoms with Crippen molar-refractivity contribution in [3.63, 3.8) is 0 Å². The first-order valence-electron chi connectivity index (χ1n) is 9.01. The maximum atomic E-state index is 13.7. The quantitative estimate of drug-likeness (QED) is 0.238. The Labute approximate surface area is 197 Å². The molecule has 3 aromatic carbocycles. The Kier molecular flexibility index (Phi) is 12.4. The molecule has 0 nitrogen and oxygen atoms in total. The summed E-state index contributed by atoms with van der Waals surface area (Å²) in [6, 6.07) is 15.2. The average molecular weight is 498 g/mol. The van der Waals surface area contributed by atoms with Gasteiger partial charge in [-0.25, -0.2) is 14.4 Å². The third-order valence-electron chi connectivity index (χ3n) is 5.14. The molecule has 4 rings (SSSR count). The standard InChI is InChI=1S/C15H9F2.C9H13.2CH3.Si.Zr/c16-11-6-8-14(15(17)9-11)13-7-5-10-3-1-2-4-12(10)13;1-6-5-7(2)9(4)8(6)3;;;;/h1-9H;6H,1-4H3;2*1H3;;/q4*-1;;. The van der Waals surface area contributed by atoms with Crippen molar-refractivity contribution in [1.29, 1.82) is 0 Å². The molecule has 0 aromatic heterocycles. The molecule has 1 aliphatic carbocycles. The van der Waals surface area contributed by atoms with Gasteiger partial charge in [0.05, 0.1) is 0 Å². The van der Waals surface area contributed by atoms with E-state index in [0.717, 1.165) is 22.4 Å². The van der Waals surface area contributed by atoms with Crippen LogP contribution in [0.3, 0.4) is 0 Å². The van der Waals surface area contributed by atoms with E-state index in [1.165, 1.54) is 52.2 Å². The van der Waals surface area contributed by atoms with Gasteiger partial charge in [0.15, 0.2) is 0 Å². The van der Waals surface area contributed by atoms with Gasteiger partial charge in [0.2, 0.25) is 0 Å². The van der Waals surface area contributed by atoms with E-state index in [4.69, 9.17) is 0 Å². The number of fused-ring (bicyclic) bond motifs is 1. The Morgan fingerprint density at radius 2 is 1.60 bits per heavy atom. The fraction of sp³-hybridized carbons (Fsp3) is 0.192. The van der Waals surface area contributed by atoms with Crippen LogP contribution >= 0.6 is 0 Å². The fourth-order valence-electron chi connectivity index (χ4n) is 3.26. The van der Waals surface area contributed by atoms with Crippen LogP contribution in [0.15, 0.2) is 71.3 Å². The van der Waals surface area contributed by atoms with E-state index in [2.05, 4.69) is 40.7 Å². The third-order valence-corrected chi connectivity index (χ3v) is 5.14. The molecule has 1 atom stereocenters. The van der Waals surface area contributed by atoms with E-state index < -0.39 is 11.6 Å². The van der Waals surface area contributed by atoms with Crippen molar-refractivity contribution in [2.24, 2.45) is 5.92 Å². The van der Waals surface area contributed by atoms with Gasteiger partial charge in [-0.15, -0.1) is 53.6 Å². The molecule has 0 amide bonds. The van der Waals surface area contributed by atoms with Gasteiger partial charge in [-0.3, -0.25) is 6.08 Å². The molecule has 2 radical (unpaired) electrons. The summed E-state index contributed by atoms with van der Waals surface area (Å²) < 4.78 is 26.6. The molecule has 158 valence electrons. The van der Waals surface area contributed by atoms with Gasteiger partial charge in [0, 0.05) is 6.07 Å². The van der Waals surface area contributed by atoms with Gasteiger partial charge in [0.25, 0.3) is 0 Å². The van der Waals surface area contributed by atoms with E-state index in [0.29, 0.717) is 11.5 Å². The second-order valence-corrected chi connectivity index (χ2v) is 6.76. The molecule has 1 aliphatic rings. The van der Waals surface area contributed by atoms with Gasteiger partial charge in [-0.05, 0) is 11.6 Å². The Morgan fingerprint density at radius 1 is 0.967 bits per heavy atom. The fourth-order valence-corrected chi connectivity index (χ4v) is 3.26. The van der Waals surface area contributed by atoms with Crippen molar-refractivity contribution in [2.45, 2.75) is 27.7 Å². The second-order valence-electron chi connectivity index (χ2n) is 6.76. The van der Waals surface area contributed by atoms with Gasteiger partial charge < -0.3 is 14.9 Å². The molecule has 0 spiro atoms. The van der Waals surface area contributed by atoms with E-state index in [9.17, 15) is 8.78 Å². The average Bonchev–Trinajstić information content (AvgIpc) is 3.21. The molecule has 0 fully saturated rings. The van der Waals surface area contributed by atoms with Crippen LogP contribution in [0.4, 0.5) is 8.78 Å². The molecule has 30 heavy (non-hydrogen) atoms. The number of rotatable bonds is 1. The van der Waals surface area contributed by atoms with Crippen molar-refractivity contribution in [1.82, 2.24) is 0 Å². The predicted molar refractivity (Wildman–Crippen MR) is 123 cm³/mol. The van der Waals surface area contributed by atoms with Crippen molar-refractivity contribution in [3.8, 4) is 11.1 Å². The molecule has 0 N–H and O–H groups in total. The third kappa shape index (κ3) is 6.49. The van der Waals surface area contributed by atoms with E-state index >= 15 is 0 Å². The predicted octanol–water partition coefficient (Wildman–Crippen LogP) is 7.74. The van der Waals surface area contributed by atoms with Crippen LogP contribution in [0, 0.1) is 38.5 Å². The van der Waals surface area contributed by atoms with Gasteiger partial charge in [0.1, 0.15) is 11.6 Å². The van der Waals surface area contributed by atoms with E-state index in [1.807, 2.05) is 36.4 Å². The summed E-state index contributed by atoms with van der Waals surface area (Å²) in [6.07, 6.45) is 3.36. The van der Waals surface area contributed by atoms with Crippen molar-refractivity contribution in [2.75, 3.05) is 0 Å². The number of hydrogen-bond acceptors (Lipinski definition) is 0. The summed E-state index contributed by atoms with van der Waals surface area (Å²) in [5, 5.41) is 2.05. The summed E-state index contributed by atoms with van der Waals surface area (Å²) in [4.78, 5) is 0. The van der Waals surface area contributed by atoms with Crippen molar-refractivity contribution >= 4 is 17.7 Å². The molecule has 0 bridgehead atoms. The Morgan fingerprint density at radius 3 is 2.10 bits per heavy atom. The van der Waals surface area contributed by atoms with Crippen LogP contribution in [0.1, 0.15) is 27.7 Å². The summed E-state index contributed by atoms with van der Waals surface area (Å²) in [7, 11) is 0. The molecular formula is C26H28F2SiZr-4. The zero-order valence-electron chi connectivity index (χ0n) is 18.5. The van der Waals surface area contributed by atoms with Gasteiger partial charge in [-0.2, -0.15) is 11.1 Å². The van der Waals surface area contributed by atoms with Crippen LogP contribution in [-0.4, -0.2) is 6.88 Å². The number of benzene rings is 2. The monoisotopic (exact) mass is 496 g/mol. The first-order valence-corrected chi connectivity index (χ1v) is 13.2. The zero-order chi connectivity index (χ0) is 20.8. The molecular weight excluding hydrogens is 470 g/mol. The van der Waals surface area contributed by atoms with Gasteiger partial charge >= 0.3 is 30.2 Å². The second kappa shape index (κ2) is 13.0. The Bertz CT molecular complexity index is 1030. The zero-order valence-corrected chi connectivity index (χ0v) is 22.0. The summed E-state index contributed by atoms with van der Waals surface area (Å²) in [5.74, 6) is -0.520. The molecule has 0 heterocycles. The van der Waals surface area contributed by atoms with Crippen LogP contribution in [0.2, 0.25) is 0 Å². The van der Waals surface area contributed by atoms with Gasteiger partial charge in [-0.1, -0.05) is 38.8 Å². The van der Waals surface area contributed by atoms with E-state index in [-0.39, 0.29) is 14.9 Å². The first-order chi connectivity index (χ1) is 13.4. The number of hydrogen-bond donors (Lipinski definition) is 0. The molecule has 4 heteroatoms. The van der Waals surface area contributed by atoms with Crippen LogP contribution < -0.4 is 0 Å². The van der Waals surface area contributed by atoms with Crippen LogP contribution in [0.5, 0.6) is 0 Å². The molecule has 1 unspecified atom stereocenters. The SMILES string of the molecule is CC1=[C-]C(C)C(C)=C1C.Fc1ccc(-c2c[cH-]c3ccccc23)c(F)c1.[CH3-].[CH3-].[Si]=[Zr]. The summed E-state index contributed by atoms with van der Waals surface area (Å²) >= 11 is 1.36. The molecule has 0 saturated carbocycles. The van der Waals surface area contributed by atoms with E-state index in [1.54, 1.807) is 0 Å². The van der Waals surface area contributed by atoms with Crippen LogP contribution in [0.25, 0.3) is 21.9 Å². The number of halogens is 2. The summed E-state index contributed by atoms with van der Waals surface area (Å²) in [5.41, 5.74) is 5.49. The maximum absolute atomic E-state index is 13.7. The van der Waals surface area contributed by atoms with Crippen molar-refractivity contribution in [3.05, 3.63) is 104 Å². The minimum atomic E-state index is -0.554. The molecule has 0 saturated heterocycles. The molecule has 3 aromatic rings. The normalized spacial score (nSPS) is 14.4. The topological polar surface area (TPSA) is 0 Å². The summed E-state index contributed by atoms with van der Waals surface area (Å²) in [6.45, 7) is 11.7. The number of allylic oxidation sites excluding steroid dienone is 4. The Balaban J connectivity index is 0.000000558. The Hall–Kier alpha value is -1.51. The first kappa shape index (κ1) is 28.5. The molecule has 0 aliphatic heterocycles.